The summed E-state index contributed by atoms with van der Waals surface area (Å²) in [5.74, 6) is 0.811. The molecule has 0 heterocycles. The van der Waals surface area contributed by atoms with Crippen molar-refractivity contribution < 1.29 is 5.11 Å². The Labute approximate surface area is 68.2 Å². The second-order valence-corrected chi connectivity index (χ2v) is 3.89. The molecule has 1 nitrogen and oxygen atoms in total. The molecule has 0 aliphatic heterocycles. The van der Waals surface area contributed by atoms with Gasteiger partial charge in [-0.3, -0.25) is 0 Å². The quantitative estimate of drug-likeness (QED) is 0.561. The van der Waals surface area contributed by atoms with E-state index in [1.165, 1.54) is 12.8 Å². The molecule has 0 bridgehead atoms. The van der Waals surface area contributed by atoms with Gasteiger partial charge in [0.05, 0.1) is 6.10 Å². The SMILES string of the molecule is CC[C@@H]1CC[C@@H](O)[C@H](S)C1. The largest absolute Gasteiger partial charge is 0.392 e. The molecule has 2 heteroatoms. The van der Waals surface area contributed by atoms with Crippen LogP contribution < -0.4 is 0 Å². The van der Waals surface area contributed by atoms with Crippen molar-refractivity contribution in [3.05, 3.63) is 0 Å². The number of hydrogen-bond acceptors (Lipinski definition) is 2. The molecule has 1 rings (SSSR count). The summed E-state index contributed by atoms with van der Waals surface area (Å²) in [6.07, 6.45) is 4.33. The number of thiol groups is 1. The maximum absolute atomic E-state index is 9.31. The van der Waals surface area contributed by atoms with Gasteiger partial charge in [0.1, 0.15) is 0 Å². The Morgan fingerprint density at radius 1 is 1.50 bits per heavy atom. The van der Waals surface area contributed by atoms with E-state index in [1.54, 1.807) is 0 Å². The van der Waals surface area contributed by atoms with Gasteiger partial charge in [0.2, 0.25) is 0 Å². The van der Waals surface area contributed by atoms with Crippen molar-refractivity contribution in [2.75, 3.05) is 0 Å². The highest BCUT2D eigenvalue weighted by atomic mass is 32.1. The van der Waals surface area contributed by atoms with Crippen LogP contribution in [0.25, 0.3) is 0 Å². The van der Waals surface area contributed by atoms with E-state index in [-0.39, 0.29) is 11.4 Å². The number of hydrogen-bond donors (Lipinski definition) is 2. The minimum atomic E-state index is -0.147. The highest BCUT2D eigenvalue weighted by molar-refractivity contribution is 7.81. The summed E-state index contributed by atoms with van der Waals surface area (Å²) < 4.78 is 0. The first-order valence-electron chi connectivity index (χ1n) is 4.10. The molecular weight excluding hydrogens is 144 g/mol. The smallest absolute Gasteiger partial charge is 0.0656 e. The third-order valence-electron chi connectivity index (χ3n) is 2.47. The third kappa shape index (κ3) is 1.89. The van der Waals surface area contributed by atoms with Crippen LogP contribution in [0.3, 0.4) is 0 Å². The lowest BCUT2D eigenvalue weighted by Gasteiger charge is -2.29. The van der Waals surface area contributed by atoms with Crippen LogP contribution in [0.15, 0.2) is 0 Å². The van der Waals surface area contributed by atoms with Gasteiger partial charge < -0.3 is 5.11 Å². The monoisotopic (exact) mass is 160 g/mol. The zero-order valence-electron chi connectivity index (χ0n) is 6.45. The Balaban J connectivity index is 2.33. The van der Waals surface area contributed by atoms with Crippen molar-refractivity contribution in [1.29, 1.82) is 0 Å². The Hall–Kier alpha value is 0.310. The van der Waals surface area contributed by atoms with Crippen molar-refractivity contribution in [1.82, 2.24) is 0 Å². The molecule has 10 heavy (non-hydrogen) atoms. The fourth-order valence-electron chi connectivity index (χ4n) is 1.59. The molecule has 1 fully saturated rings. The molecular formula is C8H16OS. The third-order valence-corrected chi connectivity index (χ3v) is 3.02. The summed E-state index contributed by atoms with van der Waals surface area (Å²) in [5.41, 5.74) is 0. The molecule has 1 aliphatic carbocycles. The highest BCUT2D eigenvalue weighted by Crippen LogP contribution is 2.29. The maximum Gasteiger partial charge on any atom is 0.0656 e. The van der Waals surface area contributed by atoms with Crippen LogP contribution in [0.2, 0.25) is 0 Å². The summed E-state index contributed by atoms with van der Waals surface area (Å²) in [6, 6.07) is 0. The fourth-order valence-corrected chi connectivity index (χ4v) is 2.03. The first kappa shape index (κ1) is 8.41. The second-order valence-electron chi connectivity index (χ2n) is 3.22. The highest BCUT2D eigenvalue weighted by Gasteiger charge is 2.25. The Morgan fingerprint density at radius 3 is 2.70 bits per heavy atom. The lowest BCUT2D eigenvalue weighted by atomic mass is 9.85. The summed E-state index contributed by atoms with van der Waals surface area (Å²) in [7, 11) is 0. The summed E-state index contributed by atoms with van der Waals surface area (Å²) in [4.78, 5) is 0. The molecule has 1 saturated carbocycles. The van der Waals surface area contributed by atoms with Gasteiger partial charge in [-0.1, -0.05) is 13.3 Å². The van der Waals surface area contributed by atoms with Gasteiger partial charge >= 0.3 is 0 Å². The molecule has 0 aromatic rings. The minimum absolute atomic E-state index is 0.147. The van der Waals surface area contributed by atoms with Crippen molar-refractivity contribution in [3.63, 3.8) is 0 Å². The molecule has 1 N–H and O–H groups in total. The first-order valence-corrected chi connectivity index (χ1v) is 4.61. The predicted molar refractivity (Wildman–Crippen MR) is 46.4 cm³/mol. The molecule has 0 spiro atoms. The average molecular weight is 160 g/mol. The molecule has 3 atom stereocenters. The predicted octanol–water partition coefficient (Wildman–Crippen LogP) is 1.86. The standard InChI is InChI=1S/C8H16OS/c1-2-6-3-4-7(9)8(10)5-6/h6-10H,2-5H2,1H3/t6-,7-,8-/m1/s1. The molecule has 60 valence electrons. The molecule has 0 unspecified atom stereocenters. The van der Waals surface area contributed by atoms with Crippen LogP contribution in [-0.4, -0.2) is 16.5 Å². The number of aliphatic hydroxyl groups excluding tert-OH is 1. The van der Waals surface area contributed by atoms with Crippen LogP contribution in [0.1, 0.15) is 32.6 Å². The van der Waals surface area contributed by atoms with Crippen molar-refractivity contribution in [3.8, 4) is 0 Å². The van der Waals surface area contributed by atoms with Crippen LogP contribution in [-0.2, 0) is 0 Å². The number of aliphatic hydroxyl groups is 1. The van der Waals surface area contributed by atoms with Gasteiger partial charge in [-0.15, -0.1) is 0 Å². The summed E-state index contributed by atoms with van der Waals surface area (Å²) in [5, 5.41) is 9.55. The van der Waals surface area contributed by atoms with Gasteiger partial charge in [-0.05, 0) is 25.2 Å². The average Bonchev–Trinajstić information content (AvgIpc) is 1.95. The van der Waals surface area contributed by atoms with E-state index < -0.39 is 0 Å². The van der Waals surface area contributed by atoms with Crippen LogP contribution >= 0.6 is 12.6 Å². The lowest BCUT2D eigenvalue weighted by molar-refractivity contribution is 0.115. The van der Waals surface area contributed by atoms with E-state index in [0.29, 0.717) is 0 Å². The van der Waals surface area contributed by atoms with Crippen LogP contribution in [0.5, 0.6) is 0 Å². The topological polar surface area (TPSA) is 20.2 Å². The lowest BCUT2D eigenvalue weighted by Crippen LogP contribution is -2.29. The van der Waals surface area contributed by atoms with Gasteiger partial charge in [0, 0.05) is 5.25 Å². The van der Waals surface area contributed by atoms with Crippen molar-refractivity contribution in [2.24, 2.45) is 5.92 Å². The maximum atomic E-state index is 9.31. The first-order chi connectivity index (χ1) is 4.74. The molecule has 0 saturated heterocycles. The van der Waals surface area contributed by atoms with Gasteiger partial charge in [0.25, 0.3) is 0 Å². The van der Waals surface area contributed by atoms with E-state index in [2.05, 4.69) is 19.6 Å². The van der Waals surface area contributed by atoms with E-state index in [0.717, 1.165) is 18.8 Å². The van der Waals surface area contributed by atoms with E-state index in [1.807, 2.05) is 0 Å². The van der Waals surface area contributed by atoms with Crippen LogP contribution in [0, 0.1) is 5.92 Å². The van der Waals surface area contributed by atoms with Crippen molar-refractivity contribution >= 4 is 12.6 Å². The minimum Gasteiger partial charge on any atom is -0.392 e. The zero-order chi connectivity index (χ0) is 7.56. The number of rotatable bonds is 1. The van der Waals surface area contributed by atoms with Gasteiger partial charge in [0.15, 0.2) is 0 Å². The Morgan fingerprint density at radius 2 is 2.20 bits per heavy atom. The zero-order valence-corrected chi connectivity index (χ0v) is 7.35. The Bertz CT molecular complexity index is 105. The Kier molecular flexibility index (Phi) is 3.05. The normalized spacial score (nSPS) is 41.7. The molecule has 1 aliphatic rings. The molecule has 0 aromatic carbocycles. The van der Waals surface area contributed by atoms with Crippen LogP contribution in [0.4, 0.5) is 0 Å². The second kappa shape index (κ2) is 3.63. The van der Waals surface area contributed by atoms with E-state index >= 15 is 0 Å². The molecule has 0 amide bonds. The molecule has 0 aromatic heterocycles. The van der Waals surface area contributed by atoms with Crippen molar-refractivity contribution in [2.45, 2.75) is 44.0 Å². The molecule has 0 radical (unpaired) electrons. The summed E-state index contributed by atoms with van der Waals surface area (Å²) in [6.45, 7) is 2.21. The van der Waals surface area contributed by atoms with Gasteiger partial charge in [-0.2, -0.15) is 12.6 Å². The van der Waals surface area contributed by atoms with E-state index in [4.69, 9.17) is 0 Å². The van der Waals surface area contributed by atoms with Gasteiger partial charge in [-0.25, -0.2) is 0 Å². The summed E-state index contributed by atoms with van der Waals surface area (Å²) >= 11 is 4.32. The van der Waals surface area contributed by atoms with E-state index in [9.17, 15) is 5.11 Å². The fraction of sp³-hybridized carbons (Fsp3) is 1.00.